The van der Waals surface area contributed by atoms with Crippen LogP contribution in [0.25, 0.3) is 0 Å². The first-order valence-electron chi connectivity index (χ1n) is 10.8. The molecule has 1 aromatic carbocycles. The zero-order valence-electron chi connectivity index (χ0n) is 16.7. The maximum absolute atomic E-state index is 12.9. The second-order valence-electron chi connectivity index (χ2n) is 8.84. The molecule has 0 aromatic heterocycles. The predicted molar refractivity (Wildman–Crippen MR) is 107 cm³/mol. The molecule has 5 rings (SSSR count). The van der Waals surface area contributed by atoms with Gasteiger partial charge < -0.3 is 10.2 Å². The molecule has 1 aromatic rings. The topological polar surface area (TPSA) is 81.8 Å². The van der Waals surface area contributed by atoms with E-state index in [2.05, 4.69) is 27.7 Å². The van der Waals surface area contributed by atoms with Crippen molar-refractivity contribution >= 4 is 17.7 Å². The van der Waals surface area contributed by atoms with Gasteiger partial charge in [0.25, 0.3) is 5.91 Å². The van der Waals surface area contributed by atoms with Crippen molar-refractivity contribution in [1.29, 1.82) is 0 Å². The predicted octanol–water partition coefficient (Wildman–Crippen LogP) is 1.02. The number of fused-ring (bicyclic) bond motifs is 1. The maximum Gasteiger partial charge on any atom is 0.255 e. The lowest BCUT2D eigenvalue weighted by Crippen LogP contribution is -2.55. The molecule has 4 heterocycles. The number of piperidine rings is 2. The van der Waals surface area contributed by atoms with Crippen LogP contribution < -0.4 is 10.6 Å². The second kappa shape index (κ2) is 7.54. The molecule has 0 radical (unpaired) electrons. The molecule has 2 atom stereocenters. The van der Waals surface area contributed by atoms with E-state index in [0.717, 1.165) is 37.7 Å². The number of hydrogen-bond donors (Lipinski definition) is 2. The number of nitrogens with one attached hydrogen (secondary N) is 2. The molecule has 4 aliphatic heterocycles. The molecule has 0 saturated carbocycles. The van der Waals surface area contributed by atoms with Crippen LogP contribution in [0.5, 0.6) is 0 Å². The van der Waals surface area contributed by atoms with Crippen LogP contribution in [-0.4, -0.2) is 59.2 Å². The molecule has 3 fully saturated rings. The summed E-state index contributed by atoms with van der Waals surface area (Å²) >= 11 is 0. The summed E-state index contributed by atoms with van der Waals surface area (Å²) < 4.78 is 0. The molecule has 3 saturated heterocycles. The van der Waals surface area contributed by atoms with Crippen LogP contribution >= 0.6 is 0 Å². The van der Waals surface area contributed by atoms with E-state index in [1.54, 1.807) is 4.90 Å². The largest absolute Gasteiger partial charge is 0.322 e. The lowest BCUT2D eigenvalue weighted by molar-refractivity contribution is -0.136. The number of carbonyl (C=O) groups excluding carboxylic acids is 3. The smallest absolute Gasteiger partial charge is 0.255 e. The first-order chi connectivity index (χ1) is 14.1. The number of nitrogens with zero attached hydrogens (tertiary/aromatic N) is 2. The molecule has 7 heteroatoms. The van der Waals surface area contributed by atoms with Gasteiger partial charge in [0.2, 0.25) is 11.8 Å². The van der Waals surface area contributed by atoms with Gasteiger partial charge in [-0.15, -0.1) is 0 Å². The van der Waals surface area contributed by atoms with Gasteiger partial charge in [-0.3, -0.25) is 24.6 Å². The molecule has 154 valence electrons. The normalized spacial score (nSPS) is 28.3. The van der Waals surface area contributed by atoms with Gasteiger partial charge in [-0.2, -0.15) is 0 Å². The number of hydrogen-bond acceptors (Lipinski definition) is 5. The summed E-state index contributed by atoms with van der Waals surface area (Å²) in [7, 11) is 0. The molecule has 7 nitrogen and oxygen atoms in total. The van der Waals surface area contributed by atoms with E-state index >= 15 is 0 Å². The van der Waals surface area contributed by atoms with Gasteiger partial charge >= 0.3 is 0 Å². The number of likely N-dealkylation sites (tertiary alicyclic amines) is 1. The van der Waals surface area contributed by atoms with Crippen molar-refractivity contribution < 1.29 is 14.4 Å². The number of imide groups is 1. The minimum Gasteiger partial charge on any atom is -0.322 e. The number of amides is 3. The number of carbonyl (C=O) groups is 3. The summed E-state index contributed by atoms with van der Waals surface area (Å²) in [4.78, 5) is 40.7. The van der Waals surface area contributed by atoms with Gasteiger partial charge in [0.1, 0.15) is 6.04 Å². The molecule has 4 aliphatic rings. The molecule has 29 heavy (non-hydrogen) atoms. The standard InChI is InChI=1S/C22H28N4O3/c27-20-7-6-19(21(28)24-20)26-13-15-9-14(4-5-17(15)22(26)29)12-25-8-2-1-3-18(25)16-10-23-11-16/h4-5,9,16,18-19,23H,1-3,6-8,10-13H2,(H,24,27,28). The monoisotopic (exact) mass is 396 g/mol. The van der Waals surface area contributed by atoms with E-state index in [4.69, 9.17) is 0 Å². The van der Waals surface area contributed by atoms with E-state index in [1.807, 2.05) is 6.07 Å². The van der Waals surface area contributed by atoms with Crippen molar-refractivity contribution in [3.8, 4) is 0 Å². The lowest BCUT2D eigenvalue weighted by Gasteiger charge is -2.44. The van der Waals surface area contributed by atoms with Crippen molar-refractivity contribution in [3.05, 3.63) is 34.9 Å². The Bertz CT molecular complexity index is 850. The Morgan fingerprint density at radius 2 is 1.93 bits per heavy atom. The first-order valence-corrected chi connectivity index (χ1v) is 10.8. The fourth-order valence-corrected chi connectivity index (χ4v) is 5.29. The van der Waals surface area contributed by atoms with E-state index in [9.17, 15) is 14.4 Å². The average Bonchev–Trinajstić information content (AvgIpc) is 2.98. The summed E-state index contributed by atoms with van der Waals surface area (Å²) in [6.07, 6.45) is 4.54. The zero-order chi connectivity index (χ0) is 20.0. The Hall–Kier alpha value is -2.25. The molecule has 0 spiro atoms. The summed E-state index contributed by atoms with van der Waals surface area (Å²) in [5.74, 6) is 0.0510. The zero-order valence-corrected chi connectivity index (χ0v) is 16.7. The van der Waals surface area contributed by atoms with Crippen molar-refractivity contribution in [1.82, 2.24) is 20.4 Å². The third kappa shape index (κ3) is 3.46. The van der Waals surface area contributed by atoms with Crippen LogP contribution in [0.1, 0.15) is 53.6 Å². The lowest BCUT2D eigenvalue weighted by atomic mass is 9.86. The van der Waals surface area contributed by atoms with Crippen LogP contribution in [0.4, 0.5) is 0 Å². The number of rotatable bonds is 4. The van der Waals surface area contributed by atoms with Crippen molar-refractivity contribution in [2.75, 3.05) is 19.6 Å². The van der Waals surface area contributed by atoms with E-state index in [-0.39, 0.29) is 24.1 Å². The molecular weight excluding hydrogens is 368 g/mol. The molecule has 3 amide bonds. The van der Waals surface area contributed by atoms with Gasteiger partial charge in [0.05, 0.1) is 0 Å². The molecule has 0 aliphatic carbocycles. The highest BCUT2D eigenvalue weighted by atomic mass is 16.2. The van der Waals surface area contributed by atoms with Crippen LogP contribution in [0.2, 0.25) is 0 Å². The summed E-state index contributed by atoms with van der Waals surface area (Å²) in [5.41, 5.74) is 2.92. The SMILES string of the molecule is O=C1CCC(N2Cc3cc(CN4CCCCC4C4CNC4)ccc3C2=O)C(=O)N1. The van der Waals surface area contributed by atoms with E-state index in [0.29, 0.717) is 24.6 Å². The highest BCUT2D eigenvalue weighted by Gasteiger charge is 2.39. The number of benzene rings is 1. The Kier molecular flexibility index (Phi) is 4.87. The summed E-state index contributed by atoms with van der Waals surface area (Å²) in [6, 6.07) is 6.23. The van der Waals surface area contributed by atoms with E-state index < -0.39 is 6.04 Å². The Morgan fingerprint density at radius 3 is 2.69 bits per heavy atom. The first kappa shape index (κ1) is 18.8. The highest BCUT2D eigenvalue weighted by molar-refractivity contribution is 6.05. The Labute approximate surface area is 170 Å². The van der Waals surface area contributed by atoms with Gasteiger partial charge in [-0.05, 0) is 48.9 Å². The van der Waals surface area contributed by atoms with E-state index in [1.165, 1.54) is 24.8 Å². The van der Waals surface area contributed by atoms with Crippen LogP contribution in [0.3, 0.4) is 0 Å². The van der Waals surface area contributed by atoms with Crippen molar-refractivity contribution in [3.63, 3.8) is 0 Å². The molecule has 2 unspecified atom stereocenters. The van der Waals surface area contributed by atoms with Gasteiger partial charge in [0.15, 0.2) is 0 Å². The quantitative estimate of drug-likeness (QED) is 0.743. The third-order valence-corrected chi connectivity index (χ3v) is 7.00. The second-order valence-corrected chi connectivity index (χ2v) is 8.84. The van der Waals surface area contributed by atoms with Gasteiger partial charge in [-0.1, -0.05) is 18.6 Å². The maximum atomic E-state index is 12.9. The van der Waals surface area contributed by atoms with Crippen LogP contribution in [0.15, 0.2) is 18.2 Å². The van der Waals surface area contributed by atoms with Gasteiger partial charge in [0, 0.05) is 44.2 Å². The van der Waals surface area contributed by atoms with Crippen LogP contribution in [-0.2, 0) is 22.7 Å². The third-order valence-electron chi connectivity index (χ3n) is 7.00. The molecular formula is C22H28N4O3. The summed E-state index contributed by atoms with van der Waals surface area (Å²) in [5, 5.41) is 5.76. The highest BCUT2D eigenvalue weighted by Crippen LogP contribution is 2.31. The van der Waals surface area contributed by atoms with Crippen molar-refractivity contribution in [2.24, 2.45) is 5.92 Å². The van der Waals surface area contributed by atoms with Crippen molar-refractivity contribution in [2.45, 2.75) is 57.3 Å². The Morgan fingerprint density at radius 1 is 1.07 bits per heavy atom. The minimum atomic E-state index is -0.548. The molecule has 0 bridgehead atoms. The van der Waals surface area contributed by atoms with Crippen LogP contribution in [0, 0.1) is 5.92 Å². The summed E-state index contributed by atoms with van der Waals surface area (Å²) in [6.45, 7) is 4.76. The average molecular weight is 396 g/mol. The minimum absolute atomic E-state index is 0.0996. The Balaban J connectivity index is 1.30. The van der Waals surface area contributed by atoms with Gasteiger partial charge in [-0.25, -0.2) is 0 Å². The fourth-order valence-electron chi connectivity index (χ4n) is 5.29. The fraction of sp³-hybridized carbons (Fsp3) is 0.591. The molecule has 2 N–H and O–H groups in total.